The molecule has 1 aliphatic heterocycles. The lowest BCUT2D eigenvalue weighted by Gasteiger charge is -2.23. The number of nitrogens with zero attached hydrogens (tertiary/aromatic N) is 2. The van der Waals surface area contributed by atoms with E-state index in [0.29, 0.717) is 12.3 Å². The van der Waals surface area contributed by atoms with Crippen molar-refractivity contribution in [3.05, 3.63) is 29.8 Å². The minimum atomic E-state index is -0.0193. The molecule has 18 heavy (non-hydrogen) atoms. The highest BCUT2D eigenvalue weighted by molar-refractivity contribution is 6.05. The van der Waals surface area contributed by atoms with E-state index in [9.17, 15) is 4.79 Å². The predicted octanol–water partition coefficient (Wildman–Crippen LogP) is 1.21. The van der Waals surface area contributed by atoms with Crippen molar-refractivity contribution < 1.29 is 10.0 Å². The first-order chi connectivity index (χ1) is 8.76. The van der Waals surface area contributed by atoms with Crippen molar-refractivity contribution in [2.45, 2.75) is 12.8 Å². The summed E-state index contributed by atoms with van der Waals surface area (Å²) in [6.07, 6.45) is 1.59. The van der Waals surface area contributed by atoms with Crippen molar-refractivity contribution in [1.82, 2.24) is 5.32 Å². The van der Waals surface area contributed by atoms with E-state index in [-0.39, 0.29) is 5.91 Å². The molecule has 0 saturated heterocycles. The lowest BCUT2D eigenvalue weighted by atomic mass is 10.1. The van der Waals surface area contributed by atoms with Gasteiger partial charge in [0.05, 0.1) is 12.3 Å². The lowest BCUT2D eigenvalue weighted by molar-refractivity contribution is -0.119. The van der Waals surface area contributed by atoms with Crippen LogP contribution in [0.1, 0.15) is 18.4 Å². The van der Waals surface area contributed by atoms with E-state index < -0.39 is 0 Å². The van der Waals surface area contributed by atoms with E-state index in [1.54, 1.807) is 7.05 Å². The van der Waals surface area contributed by atoms with Crippen molar-refractivity contribution in [3.63, 3.8) is 0 Å². The van der Waals surface area contributed by atoms with Gasteiger partial charge < -0.3 is 15.4 Å². The maximum atomic E-state index is 11.5. The number of fused-ring (bicyclic) bond motifs is 1. The molecule has 2 rings (SSSR count). The maximum absolute atomic E-state index is 11.5. The molecule has 0 bridgehead atoms. The van der Waals surface area contributed by atoms with E-state index in [2.05, 4.69) is 10.5 Å². The van der Waals surface area contributed by atoms with Gasteiger partial charge in [-0.1, -0.05) is 23.4 Å². The molecule has 0 aliphatic carbocycles. The average Bonchev–Trinajstić information content (AvgIpc) is 2.58. The van der Waals surface area contributed by atoms with Crippen molar-refractivity contribution >= 4 is 17.3 Å². The summed E-state index contributed by atoms with van der Waals surface area (Å²) < 4.78 is 0. The van der Waals surface area contributed by atoms with Crippen LogP contribution in [0.15, 0.2) is 29.4 Å². The summed E-state index contributed by atoms with van der Waals surface area (Å²) in [5, 5.41) is 15.1. The van der Waals surface area contributed by atoms with Crippen molar-refractivity contribution in [3.8, 4) is 0 Å². The molecule has 0 spiro atoms. The Hall–Kier alpha value is -2.04. The molecule has 5 heteroatoms. The van der Waals surface area contributed by atoms with Crippen LogP contribution >= 0.6 is 0 Å². The molecule has 0 aromatic heterocycles. The van der Waals surface area contributed by atoms with Crippen LogP contribution in [0.4, 0.5) is 5.69 Å². The maximum Gasteiger partial charge on any atom is 0.239 e. The van der Waals surface area contributed by atoms with Gasteiger partial charge in [0, 0.05) is 24.8 Å². The Labute approximate surface area is 106 Å². The number of carbonyl (C=O) groups is 1. The van der Waals surface area contributed by atoms with E-state index >= 15 is 0 Å². The zero-order chi connectivity index (χ0) is 13.0. The fraction of sp³-hybridized carbons (Fsp3) is 0.385. The molecular weight excluding hydrogens is 230 g/mol. The van der Waals surface area contributed by atoms with Gasteiger partial charge in [0.2, 0.25) is 5.91 Å². The fourth-order valence-corrected chi connectivity index (χ4v) is 2.21. The summed E-state index contributed by atoms with van der Waals surface area (Å²) in [6, 6.07) is 7.71. The van der Waals surface area contributed by atoms with Crippen LogP contribution in [0.3, 0.4) is 0 Å². The third kappa shape index (κ3) is 2.45. The number of oxime groups is 1. The van der Waals surface area contributed by atoms with Crippen LogP contribution in [-0.2, 0) is 4.79 Å². The molecule has 5 nitrogen and oxygen atoms in total. The lowest BCUT2D eigenvalue weighted by Crippen LogP contribution is -2.36. The van der Waals surface area contributed by atoms with Gasteiger partial charge >= 0.3 is 0 Å². The zero-order valence-electron chi connectivity index (χ0n) is 10.4. The number of carbonyl (C=O) groups excluding carboxylic acids is 1. The minimum absolute atomic E-state index is 0.0193. The largest absolute Gasteiger partial charge is 0.411 e. The molecule has 0 unspecified atom stereocenters. The Morgan fingerprint density at radius 1 is 1.50 bits per heavy atom. The van der Waals surface area contributed by atoms with E-state index in [4.69, 9.17) is 5.21 Å². The summed E-state index contributed by atoms with van der Waals surface area (Å²) in [6.45, 7) is 1.11. The normalized spacial score (nSPS) is 17.2. The predicted molar refractivity (Wildman–Crippen MR) is 70.3 cm³/mol. The number of hydrogen-bond donors (Lipinski definition) is 2. The van der Waals surface area contributed by atoms with Crippen LogP contribution in [0, 0.1) is 0 Å². The van der Waals surface area contributed by atoms with Gasteiger partial charge in [0.1, 0.15) is 0 Å². The van der Waals surface area contributed by atoms with E-state index in [1.165, 1.54) is 0 Å². The van der Waals surface area contributed by atoms with Gasteiger partial charge in [-0.3, -0.25) is 4.79 Å². The molecule has 96 valence electrons. The Morgan fingerprint density at radius 3 is 3.00 bits per heavy atom. The summed E-state index contributed by atoms with van der Waals surface area (Å²) in [5.74, 6) is -0.0193. The molecule has 1 aromatic carbocycles. The smallest absolute Gasteiger partial charge is 0.239 e. The number of benzene rings is 1. The monoisotopic (exact) mass is 247 g/mol. The Kier molecular flexibility index (Phi) is 3.82. The molecule has 1 heterocycles. The zero-order valence-corrected chi connectivity index (χ0v) is 10.4. The van der Waals surface area contributed by atoms with Crippen molar-refractivity contribution in [1.29, 1.82) is 0 Å². The van der Waals surface area contributed by atoms with Crippen molar-refractivity contribution in [2.24, 2.45) is 5.16 Å². The SMILES string of the molecule is CNC(=O)CN1CCC/C(=N/O)c2ccccc21. The first kappa shape index (κ1) is 12.4. The number of anilines is 1. The standard InChI is InChI=1S/C13H17N3O2/c1-14-13(17)9-16-8-4-6-11(15-18)10-5-2-3-7-12(10)16/h2-3,5,7,18H,4,6,8-9H2,1H3,(H,14,17)/b15-11-. The van der Waals surface area contributed by atoms with E-state index in [0.717, 1.165) is 30.6 Å². The van der Waals surface area contributed by atoms with Crippen LogP contribution < -0.4 is 10.2 Å². The number of para-hydroxylation sites is 1. The second-order valence-electron chi connectivity index (χ2n) is 4.26. The highest BCUT2D eigenvalue weighted by Crippen LogP contribution is 2.26. The molecule has 1 aliphatic rings. The quantitative estimate of drug-likeness (QED) is 0.610. The number of hydrogen-bond acceptors (Lipinski definition) is 4. The van der Waals surface area contributed by atoms with Crippen LogP contribution in [0.25, 0.3) is 0 Å². The molecule has 0 radical (unpaired) electrons. The molecular formula is C13H17N3O2. The Bertz CT molecular complexity index is 471. The van der Waals surface area contributed by atoms with E-state index in [1.807, 2.05) is 29.2 Å². The van der Waals surface area contributed by atoms with Gasteiger partial charge in [-0.15, -0.1) is 0 Å². The number of rotatable bonds is 2. The summed E-state index contributed by atoms with van der Waals surface area (Å²) in [7, 11) is 1.63. The third-order valence-corrected chi connectivity index (χ3v) is 3.13. The highest BCUT2D eigenvalue weighted by Gasteiger charge is 2.20. The summed E-state index contributed by atoms with van der Waals surface area (Å²) >= 11 is 0. The van der Waals surface area contributed by atoms with Gasteiger partial charge in [0.25, 0.3) is 0 Å². The first-order valence-electron chi connectivity index (χ1n) is 6.02. The molecule has 1 amide bonds. The molecule has 0 saturated carbocycles. The van der Waals surface area contributed by atoms with Crippen LogP contribution in [0.5, 0.6) is 0 Å². The highest BCUT2D eigenvalue weighted by atomic mass is 16.4. The molecule has 2 N–H and O–H groups in total. The van der Waals surface area contributed by atoms with Gasteiger partial charge in [0.15, 0.2) is 0 Å². The second-order valence-corrected chi connectivity index (χ2v) is 4.26. The van der Waals surface area contributed by atoms with Gasteiger partial charge in [-0.2, -0.15) is 0 Å². The molecule has 1 aromatic rings. The Balaban J connectivity index is 2.36. The number of amides is 1. The van der Waals surface area contributed by atoms with Gasteiger partial charge in [-0.05, 0) is 18.9 Å². The van der Waals surface area contributed by atoms with Crippen LogP contribution in [-0.4, -0.2) is 37.0 Å². The summed E-state index contributed by atoms with van der Waals surface area (Å²) in [4.78, 5) is 13.5. The Morgan fingerprint density at radius 2 is 2.28 bits per heavy atom. The van der Waals surface area contributed by atoms with Crippen molar-refractivity contribution in [2.75, 3.05) is 25.0 Å². The first-order valence-corrected chi connectivity index (χ1v) is 6.02. The second kappa shape index (κ2) is 5.53. The topological polar surface area (TPSA) is 64.9 Å². The number of nitrogens with one attached hydrogen (secondary N) is 1. The third-order valence-electron chi connectivity index (χ3n) is 3.13. The van der Waals surface area contributed by atoms with Gasteiger partial charge in [-0.25, -0.2) is 0 Å². The van der Waals surface area contributed by atoms with Crippen LogP contribution in [0.2, 0.25) is 0 Å². The number of likely N-dealkylation sites (N-methyl/N-ethyl adjacent to an activating group) is 1. The fourth-order valence-electron chi connectivity index (χ4n) is 2.21. The average molecular weight is 247 g/mol. The summed E-state index contributed by atoms with van der Waals surface area (Å²) in [5.41, 5.74) is 2.54. The molecule has 0 atom stereocenters. The minimum Gasteiger partial charge on any atom is -0.411 e. The molecule has 0 fully saturated rings.